The number of hydrogen-bond donors (Lipinski definition) is 1. The molecule has 0 saturated carbocycles. The molecule has 0 aliphatic carbocycles. The zero-order valence-electron chi connectivity index (χ0n) is 58.7. The maximum absolute atomic E-state index is 13.6. The molecule has 3 unspecified atom stereocenters. The molecule has 0 aromatic carbocycles. The summed E-state index contributed by atoms with van der Waals surface area (Å²) in [6, 6.07) is -0.888. The van der Waals surface area contributed by atoms with Gasteiger partial charge in [-0.15, -0.1) is 0 Å². The van der Waals surface area contributed by atoms with Gasteiger partial charge in [0.25, 0.3) is 7.82 Å². The van der Waals surface area contributed by atoms with Crippen LogP contribution in [0, 0.1) is 0 Å². The van der Waals surface area contributed by atoms with E-state index in [0.717, 1.165) is 64.2 Å². The van der Waals surface area contributed by atoms with Crippen molar-refractivity contribution in [2.24, 2.45) is 0 Å². The van der Waals surface area contributed by atoms with Gasteiger partial charge in [-0.2, -0.15) is 0 Å². The molecule has 0 radical (unpaired) electrons. The first-order chi connectivity index (χ1) is 42.4. The van der Waals surface area contributed by atoms with E-state index in [1.807, 2.05) is 33.3 Å². The largest absolute Gasteiger partial charge is 0.756 e. The van der Waals surface area contributed by atoms with Gasteiger partial charge in [-0.3, -0.25) is 14.2 Å². The fourth-order valence-electron chi connectivity index (χ4n) is 11.4. The number of quaternary nitrogens is 1. The number of ether oxygens (including phenoxy) is 1. The number of rotatable bonds is 70. The standard InChI is InChI=1S/C77H147N2O7P/c1-7-10-13-16-19-22-25-28-30-32-34-36-38-39-41-43-45-47-49-52-55-58-61-64-67-70-77(81)86-75(68-65-62-59-56-53-50-27-24-21-18-15-12-9-3)74(73-85-87(82,83)84-72-71-79(4,5)6)78-76(80)69-66-63-60-57-54-51-48-46-44-42-40-37-35-33-31-29-26-23-20-17-14-11-8-2/h19,22,28-31,65,68,74-75H,7-18,20-21,23-27,32-64,66-67,69-73H2,1-6H3,(H-,78,80,82,83)/b22-19-,30-28-,31-29+,68-65+. The molecule has 0 aliphatic rings. The van der Waals surface area contributed by atoms with E-state index in [4.69, 9.17) is 13.8 Å². The van der Waals surface area contributed by atoms with Gasteiger partial charge in [-0.05, 0) is 89.5 Å². The van der Waals surface area contributed by atoms with E-state index in [9.17, 15) is 19.0 Å². The van der Waals surface area contributed by atoms with Gasteiger partial charge in [-0.25, -0.2) is 0 Å². The third kappa shape index (κ3) is 68.2. The number of likely N-dealkylation sites (N-methyl/N-ethyl adjacent to an activating group) is 1. The minimum absolute atomic E-state index is 0.0202. The van der Waals surface area contributed by atoms with Crippen LogP contribution in [0.1, 0.15) is 380 Å². The van der Waals surface area contributed by atoms with Gasteiger partial charge in [0.15, 0.2) is 0 Å². The van der Waals surface area contributed by atoms with Crippen molar-refractivity contribution >= 4 is 19.7 Å². The van der Waals surface area contributed by atoms with E-state index in [1.165, 1.54) is 283 Å². The molecule has 0 aromatic heterocycles. The highest BCUT2D eigenvalue weighted by Crippen LogP contribution is 2.38. The second-order valence-corrected chi connectivity index (χ2v) is 28.6. The maximum Gasteiger partial charge on any atom is 0.306 e. The van der Waals surface area contributed by atoms with Gasteiger partial charge >= 0.3 is 5.97 Å². The van der Waals surface area contributed by atoms with Crippen LogP contribution in [-0.4, -0.2) is 69.4 Å². The lowest BCUT2D eigenvalue weighted by molar-refractivity contribution is -0.870. The molecule has 0 rings (SSSR count). The molecule has 9 nitrogen and oxygen atoms in total. The highest BCUT2D eigenvalue weighted by Gasteiger charge is 2.27. The molecule has 1 amide bonds. The number of esters is 1. The molecule has 0 fully saturated rings. The summed E-state index contributed by atoms with van der Waals surface area (Å²) in [6.07, 6.45) is 85.3. The zero-order valence-corrected chi connectivity index (χ0v) is 59.6. The number of carbonyl (C=O) groups excluding carboxylic acids is 2. The Labute approximate surface area is 541 Å². The Hall–Kier alpha value is -2.03. The van der Waals surface area contributed by atoms with Crippen LogP contribution in [0.25, 0.3) is 0 Å². The van der Waals surface area contributed by atoms with Crippen molar-refractivity contribution in [1.82, 2.24) is 5.32 Å². The monoisotopic (exact) mass is 1240 g/mol. The zero-order chi connectivity index (χ0) is 63.5. The van der Waals surface area contributed by atoms with Gasteiger partial charge in [0.1, 0.15) is 19.3 Å². The molecule has 0 spiro atoms. The lowest BCUT2D eigenvalue weighted by atomic mass is 10.0. The second-order valence-electron chi connectivity index (χ2n) is 27.1. The molecule has 0 aromatic rings. The molecule has 87 heavy (non-hydrogen) atoms. The van der Waals surface area contributed by atoms with Crippen molar-refractivity contribution in [3.63, 3.8) is 0 Å². The van der Waals surface area contributed by atoms with Crippen LogP contribution < -0.4 is 10.2 Å². The summed E-state index contributed by atoms with van der Waals surface area (Å²) >= 11 is 0. The third-order valence-corrected chi connectivity index (χ3v) is 18.2. The van der Waals surface area contributed by atoms with Gasteiger partial charge in [0, 0.05) is 12.8 Å². The lowest BCUT2D eigenvalue weighted by Gasteiger charge is -2.30. The maximum atomic E-state index is 13.6. The van der Waals surface area contributed by atoms with Gasteiger partial charge in [0.2, 0.25) is 5.91 Å². The second kappa shape index (κ2) is 66.9. The Balaban J connectivity index is 5.01. The number of amides is 1. The Bertz CT molecular complexity index is 1620. The molecule has 0 heterocycles. The number of carbonyl (C=O) groups is 2. The predicted octanol–water partition coefficient (Wildman–Crippen LogP) is 23.7. The first-order valence-electron chi connectivity index (χ1n) is 37.9. The molecule has 0 bridgehead atoms. The molecule has 0 aliphatic heterocycles. The van der Waals surface area contributed by atoms with Crippen molar-refractivity contribution in [3.05, 3.63) is 48.6 Å². The minimum atomic E-state index is -4.71. The van der Waals surface area contributed by atoms with E-state index in [0.29, 0.717) is 17.4 Å². The van der Waals surface area contributed by atoms with Crippen LogP contribution in [0.4, 0.5) is 0 Å². The fraction of sp³-hybridized carbons (Fsp3) is 0.870. The SMILES string of the molecule is CCCCC/C=C\C/C=C\CCCCCCCCCCCCCCCCCC(=O)OC(/C=C/CCCCCCCCCCCCC)C(COP(=O)([O-])OCC[N+](C)(C)C)NC(=O)CCCCCCCCCCCCCCC/C=C/CCCCCCCC. The van der Waals surface area contributed by atoms with Crippen molar-refractivity contribution in [2.45, 2.75) is 392 Å². The Morgan fingerprint density at radius 2 is 0.701 bits per heavy atom. The molecular weight excluding hydrogens is 1100 g/mol. The molecule has 3 atom stereocenters. The molecular formula is C77H147N2O7P. The number of allylic oxidation sites excluding steroid dienone is 7. The highest BCUT2D eigenvalue weighted by molar-refractivity contribution is 7.45. The van der Waals surface area contributed by atoms with Crippen molar-refractivity contribution in [2.75, 3.05) is 40.9 Å². The Morgan fingerprint density at radius 3 is 1.07 bits per heavy atom. The van der Waals surface area contributed by atoms with Gasteiger partial charge in [-0.1, -0.05) is 327 Å². The van der Waals surface area contributed by atoms with Crippen molar-refractivity contribution in [3.8, 4) is 0 Å². The quantitative estimate of drug-likeness (QED) is 0.0212. The van der Waals surface area contributed by atoms with Gasteiger partial charge < -0.3 is 28.5 Å². The number of nitrogens with one attached hydrogen (secondary N) is 1. The molecule has 0 saturated heterocycles. The molecule has 1 N–H and O–H groups in total. The van der Waals surface area contributed by atoms with E-state index in [-0.39, 0.29) is 31.5 Å². The van der Waals surface area contributed by atoms with E-state index in [2.05, 4.69) is 62.5 Å². The lowest BCUT2D eigenvalue weighted by Crippen LogP contribution is -2.47. The average Bonchev–Trinajstić information content (AvgIpc) is 3.70. The van der Waals surface area contributed by atoms with Crippen LogP contribution in [0.5, 0.6) is 0 Å². The Morgan fingerprint density at radius 1 is 0.402 bits per heavy atom. The summed E-state index contributed by atoms with van der Waals surface area (Å²) in [4.78, 5) is 40.3. The topological polar surface area (TPSA) is 114 Å². The van der Waals surface area contributed by atoms with Crippen LogP contribution in [-0.2, 0) is 27.9 Å². The van der Waals surface area contributed by atoms with Crippen LogP contribution in [0.15, 0.2) is 48.6 Å². The third-order valence-electron chi connectivity index (χ3n) is 17.2. The summed E-state index contributed by atoms with van der Waals surface area (Å²) in [5, 5.41) is 3.06. The number of nitrogens with zero attached hydrogens (tertiary/aromatic N) is 1. The van der Waals surface area contributed by atoms with Crippen LogP contribution in [0.3, 0.4) is 0 Å². The number of unbranched alkanes of at least 4 members (excludes halogenated alkanes) is 48. The smallest absolute Gasteiger partial charge is 0.306 e. The first kappa shape index (κ1) is 85.0. The summed E-state index contributed by atoms with van der Waals surface area (Å²) in [7, 11) is 1.20. The normalized spacial score (nSPS) is 13.7. The highest BCUT2D eigenvalue weighted by atomic mass is 31.2. The van der Waals surface area contributed by atoms with Crippen molar-refractivity contribution in [1.29, 1.82) is 0 Å². The van der Waals surface area contributed by atoms with Crippen LogP contribution >= 0.6 is 7.82 Å². The summed E-state index contributed by atoms with van der Waals surface area (Å²) in [5.74, 6) is -0.521. The first-order valence-corrected chi connectivity index (χ1v) is 39.4. The van der Waals surface area contributed by atoms with Crippen LogP contribution in [0.2, 0.25) is 0 Å². The van der Waals surface area contributed by atoms with Gasteiger partial charge in [0.05, 0.1) is 33.8 Å². The fourth-order valence-corrected chi connectivity index (χ4v) is 12.1. The van der Waals surface area contributed by atoms with Crippen molar-refractivity contribution < 1.29 is 37.3 Å². The van der Waals surface area contributed by atoms with E-state index >= 15 is 0 Å². The predicted molar refractivity (Wildman–Crippen MR) is 376 cm³/mol. The number of phosphoric acid groups is 1. The minimum Gasteiger partial charge on any atom is -0.756 e. The summed E-state index contributed by atoms with van der Waals surface area (Å²) < 4.78 is 30.5. The van der Waals surface area contributed by atoms with E-state index in [1.54, 1.807) is 0 Å². The molecule has 512 valence electrons. The molecule has 10 heteroatoms. The average molecular weight is 1240 g/mol. The number of phosphoric ester groups is 1. The van der Waals surface area contributed by atoms with E-state index < -0.39 is 20.0 Å². The summed E-state index contributed by atoms with van der Waals surface area (Å²) in [6.45, 7) is 6.88. The summed E-state index contributed by atoms with van der Waals surface area (Å²) in [5.41, 5.74) is 0. The number of hydrogen-bond acceptors (Lipinski definition) is 7. The Kier molecular flexibility index (Phi) is 65.3.